The fourth-order valence-corrected chi connectivity index (χ4v) is 1.87. The van der Waals surface area contributed by atoms with E-state index in [1.807, 2.05) is 6.07 Å². The van der Waals surface area contributed by atoms with Gasteiger partial charge in [0.2, 0.25) is 0 Å². The van der Waals surface area contributed by atoms with E-state index in [1.165, 1.54) is 6.20 Å². The lowest BCUT2D eigenvalue weighted by atomic mass is 10.0. The van der Waals surface area contributed by atoms with Crippen LogP contribution in [0.25, 0.3) is 11.1 Å². The molecular weight excluding hydrogens is 252 g/mol. The van der Waals surface area contributed by atoms with Crippen LogP contribution in [0.1, 0.15) is 17.3 Å². The zero-order valence-corrected chi connectivity index (χ0v) is 10.5. The molecule has 92 valence electrons. The van der Waals surface area contributed by atoms with Gasteiger partial charge in [-0.25, -0.2) is 9.78 Å². The fourth-order valence-electron chi connectivity index (χ4n) is 1.60. The van der Waals surface area contributed by atoms with E-state index >= 15 is 0 Å². The normalized spacial score (nSPS) is 10.1. The van der Waals surface area contributed by atoms with Crippen LogP contribution in [0.2, 0.25) is 5.15 Å². The third kappa shape index (κ3) is 2.49. The summed E-state index contributed by atoms with van der Waals surface area (Å²) in [7, 11) is 0. The van der Waals surface area contributed by atoms with Gasteiger partial charge in [-0.05, 0) is 19.1 Å². The molecule has 2 aromatic rings. The summed E-state index contributed by atoms with van der Waals surface area (Å²) in [5.74, 6) is -0.416. The highest BCUT2D eigenvalue weighted by Crippen LogP contribution is 2.29. The molecule has 0 fully saturated rings. The minimum Gasteiger partial charge on any atom is -0.462 e. The molecule has 0 saturated carbocycles. The Balaban J connectivity index is 2.55. The number of pyridine rings is 2. The van der Waals surface area contributed by atoms with Crippen molar-refractivity contribution < 1.29 is 9.53 Å². The number of aromatic nitrogens is 2. The maximum absolute atomic E-state index is 11.9. The Morgan fingerprint density at radius 2 is 2.22 bits per heavy atom. The largest absolute Gasteiger partial charge is 0.462 e. The van der Waals surface area contributed by atoms with Gasteiger partial charge in [0.05, 0.1) is 12.2 Å². The highest BCUT2D eigenvalue weighted by Gasteiger charge is 2.17. The number of nitrogens with zero attached hydrogens (tertiary/aromatic N) is 2. The van der Waals surface area contributed by atoms with Crippen molar-refractivity contribution in [2.45, 2.75) is 6.92 Å². The van der Waals surface area contributed by atoms with Gasteiger partial charge < -0.3 is 4.74 Å². The first kappa shape index (κ1) is 12.5. The number of hydrogen-bond donors (Lipinski definition) is 0. The van der Waals surface area contributed by atoms with Gasteiger partial charge in [-0.2, -0.15) is 0 Å². The molecule has 0 radical (unpaired) electrons. The van der Waals surface area contributed by atoms with Crippen LogP contribution in [0.3, 0.4) is 0 Å². The SMILES string of the molecule is CCOC(=O)c1ccnc(Cl)c1-c1cccnc1. The molecule has 5 heteroatoms. The molecule has 0 N–H and O–H groups in total. The highest BCUT2D eigenvalue weighted by atomic mass is 35.5. The van der Waals surface area contributed by atoms with Crippen LogP contribution in [0, 0.1) is 0 Å². The number of ether oxygens (including phenoxy) is 1. The van der Waals surface area contributed by atoms with Gasteiger partial charge in [0.1, 0.15) is 5.15 Å². The summed E-state index contributed by atoms with van der Waals surface area (Å²) in [5, 5.41) is 0.258. The maximum atomic E-state index is 11.9. The molecule has 2 heterocycles. The van der Waals surface area contributed by atoms with Gasteiger partial charge in [0, 0.05) is 29.7 Å². The summed E-state index contributed by atoms with van der Waals surface area (Å²) >= 11 is 6.06. The lowest BCUT2D eigenvalue weighted by Gasteiger charge is -2.09. The van der Waals surface area contributed by atoms with Gasteiger partial charge in [-0.15, -0.1) is 0 Å². The molecule has 0 bridgehead atoms. The molecule has 0 aromatic carbocycles. The van der Waals surface area contributed by atoms with Crippen molar-refractivity contribution in [3.8, 4) is 11.1 Å². The second kappa shape index (κ2) is 5.60. The smallest absolute Gasteiger partial charge is 0.338 e. The number of carbonyl (C=O) groups is 1. The lowest BCUT2D eigenvalue weighted by molar-refractivity contribution is 0.0527. The Hall–Kier alpha value is -1.94. The molecule has 18 heavy (non-hydrogen) atoms. The predicted molar refractivity (Wildman–Crippen MR) is 68.4 cm³/mol. The molecule has 0 unspecified atom stereocenters. The van der Waals surface area contributed by atoms with Gasteiger partial charge >= 0.3 is 5.97 Å². The predicted octanol–water partition coefficient (Wildman–Crippen LogP) is 2.97. The number of esters is 1. The van der Waals surface area contributed by atoms with Crippen molar-refractivity contribution in [2.24, 2.45) is 0 Å². The fraction of sp³-hybridized carbons (Fsp3) is 0.154. The van der Waals surface area contributed by atoms with E-state index < -0.39 is 5.97 Å². The molecule has 0 saturated heterocycles. The van der Waals surface area contributed by atoms with Crippen molar-refractivity contribution in [2.75, 3.05) is 6.61 Å². The summed E-state index contributed by atoms with van der Waals surface area (Å²) in [5.41, 5.74) is 1.68. The first-order valence-corrected chi connectivity index (χ1v) is 5.84. The van der Waals surface area contributed by atoms with E-state index in [-0.39, 0.29) is 5.15 Å². The Morgan fingerprint density at radius 3 is 2.89 bits per heavy atom. The Morgan fingerprint density at radius 1 is 1.39 bits per heavy atom. The first-order chi connectivity index (χ1) is 8.74. The molecule has 0 spiro atoms. The molecule has 2 aromatic heterocycles. The topological polar surface area (TPSA) is 52.1 Å². The summed E-state index contributed by atoms with van der Waals surface area (Å²) < 4.78 is 5.00. The van der Waals surface area contributed by atoms with Gasteiger partial charge in [-0.1, -0.05) is 17.7 Å². The van der Waals surface area contributed by atoms with Gasteiger partial charge in [0.25, 0.3) is 0 Å². The van der Waals surface area contributed by atoms with Crippen LogP contribution in [0.5, 0.6) is 0 Å². The van der Waals surface area contributed by atoms with Crippen molar-refractivity contribution in [1.29, 1.82) is 0 Å². The summed E-state index contributed by atoms with van der Waals surface area (Å²) in [4.78, 5) is 19.9. The average Bonchev–Trinajstić information content (AvgIpc) is 2.39. The molecule has 2 rings (SSSR count). The summed E-state index contributed by atoms with van der Waals surface area (Å²) in [6, 6.07) is 5.18. The second-order valence-electron chi connectivity index (χ2n) is 3.49. The number of hydrogen-bond acceptors (Lipinski definition) is 4. The Bertz CT molecular complexity index is 558. The summed E-state index contributed by atoms with van der Waals surface area (Å²) in [6.07, 6.45) is 4.76. The number of rotatable bonds is 3. The molecular formula is C13H11ClN2O2. The van der Waals surface area contributed by atoms with E-state index in [9.17, 15) is 4.79 Å². The van der Waals surface area contributed by atoms with E-state index in [0.717, 1.165) is 5.56 Å². The molecule has 0 aliphatic carbocycles. The monoisotopic (exact) mass is 262 g/mol. The quantitative estimate of drug-likeness (QED) is 0.630. The second-order valence-corrected chi connectivity index (χ2v) is 3.84. The van der Waals surface area contributed by atoms with Crippen LogP contribution < -0.4 is 0 Å². The Kier molecular flexibility index (Phi) is 3.89. The molecule has 0 aliphatic heterocycles. The zero-order valence-electron chi connectivity index (χ0n) is 9.76. The molecule has 0 aliphatic rings. The molecule has 0 amide bonds. The molecule has 4 nitrogen and oxygen atoms in total. The zero-order chi connectivity index (χ0) is 13.0. The van der Waals surface area contributed by atoms with Crippen LogP contribution in [0.15, 0.2) is 36.8 Å². The van der Waals surface area contributed by atoms with Crippen molar-refractivity contribution >= 4 is 17.6 Å². The minimum absolute atomic E-state index is 0.258. The summed E-state index contributed by atoms with van der Waals surface area (Å²) in [6.45, 7) is 2.07. The first-order valence-electron chi connectivity index (χ1n) is 5.46. The van der Waals surface area contributed by atoms with Crippen molar-refractivity contribution in [3.63, 3.8) is 0 Å². The number of carbonyl (C=O) groups excluding carboxylic acids is 1. The van der Waals surface area contributed by atoms with E-state index in [1.54, 1.807) is 31.5 Å². The number of halogens is 1. The van der Waals surface area contributed by atoms with E-state index in [0.29, 0.717) is 17.7 Å². The third-order valence-corrected chi connectivity index (χ3v) is 2.64. The van der Waals surface area contributed by atoms with E-state index in [4.69, 9.17) is 16.3 Å². The lowest BCUT2D eigenvalue weighted by Crippen LogP contribution is -2.07. The molecule has 0 atom stereocenters. The van der Waals surface area contributed by atoms with Crippen LogP contribution in [-0.4, -0.2) is 22.5 Å². The van der Waals surface area contributed by atoms with E-state index in [2.05, 4.69) is 9.97 Å². The van der Waals surface area contributed by atoms with Gasteiger partial charge in [0.15, 0.2) is 0 Å². The highest BCUT2D eigenvalue weighted by molar-refractivity contribution is 6.33. The van der Waals surface area contributed by atoms with Crippen LogP contribution in [-0.2, 0) is 4.74 Å². The van der Waals surface area contributed by atoms with Crippen molar-refractivity contribution in [3.05, 3.63) is 47.5 Å². The minimum atomic E-state index is -0.416. The van der Waals surface area contributed by atoms with Gasteiger partial charge in [-0.3, -0.25) is 4.98 Å². The Labute approximate surface area is 110 Å². The maximum Gasteiger partial charge on any atom is 0.338 e. The third-order valence-electron chi connectivity index (χ3n) is 2.35. The average molecular weight is 263 g/mol. The van der Waals surface area contributed by atoms with Crippen molar-refractivity contribution in [1.82, 2.24) is 9.97 Å². The van der Waals surface area contributed by atoms with Crippen LogP contribution >= 0.6 is 11.6 Å². The standard InChI is InChI=1S/C13H11ClN2O2/c1-2-18-13(17)10-5-7-16-12(14)11(10)9-4-3-6-15-8-9/h3-8H,2H2,1H3. The van der Waals surface area contributed by atoms with Crippen LogP contribution in [0.4, 0.5) is 0 Å².